The molecule has 0 aromatic rings. The van der Waals surface area contributed by atoms with Crippen LogP contribution in [0.2, 0.25) is 0 Å². The van der Waals surface area contributed by atoms with Crippen LogP contribution in [-0.4, -0.2) is 11.8 Å². The van der Waals surface area contributed by atoms with E-state index >= 15 is 0 Å². The first kappa shape index (κ1) is 12.8. The van der Waals surface area contributed by atoms with E-state index in [1.165, 1.54) is 11.1 Å². The third-order valence-electron chi connectivity index (χ3n) is 3.13. The van der Waals surface area contributed by atoms with Crippen LogP contribution in [0.1, 0.15) is 40.5 Å². The van der Waals surface area contributed by atoms with Crippen LogP contribution in [0.15, 0.2) is 35.1 Å². The molecule has 1 rings (SSSR count). The maximum absolute atomic E-state index is 7.90. The van der Waals surface area contributed by atoms with E-state index < -0.39 is 0 Å². The van der Waals surface area contributed by atoms with Crippen molar-refractivity contribution in [3.8, 4) is 0 Å². The molecule has 0 aliphatic heterocycles. The summed E-state index contributed by atoms with van der Waals surface area (Å²) >= 11 is 0. The van der Waals surface area contributed by atoms with Gasteiger partial charge in [-0.1, -0.05) is 13.8 Å². The normalized spacial score (nSPS) is 18.8. The average Bonchev–Trinajstić information content (AvgIpc) is 2.26. The van der Waals surface area contributed by atoms with Gasteiger partial charge in [-0.15, -0.1) is 0 Å². The van der Waals surface area contributed by atoms with E-state index in [0.29, 0.717) is 11.8 Å². The second kappa shape index (κ2) is 5.69. The predicted octanol–water partition coefficient (Wildman–Crippen LogP) is 3.57. The fourth-order valence-electron chi connectivity index (χ4n) is 1.69. The van der Waals surface area contributed by atoms with E-state index in [4.69, 9.17) is 5.41 Å². The molecule has 0 atom stereocenters. The van der Waals surface area contributed by atoms with Gasteiger partial charge in [0.05, 0.1) is 5.71 Å². The molecule has 0 radical (unpaired) electrons. The van der Waals surface area contributed by atoms with Gasteiger partial charge in [0.1, 0.15) is 0 Å². The van der Waals surface area contributed by atoms with Gasteiger partial charge in [-0.25, -0.2) is 0 Å². The number of allylic oxidation sites excluding steroid dienone is 5. The topological polar surface area (TPSA) is 35.9 Å². The first-order valence-electron chi connectivity index (χ1n) is 6.00. The quantitative estimate of drug-likeness (QED) is 0.743. The van der Waals surface area contributed by atoms with E-state index in [1.807, 2.05) is 19.2 Å². The molecule has 1 aliphatic rings. The van der Waals surface area contributed by atoms with Gasteiger partial charge in [0.2, 0.25) is 0 Å². The minimum atomic E-state index is 0.515. The van der Waals surface area contributed by atoms with Crippen molar-refractivity contribution in [1.82, 2.24) is 5.32 Å². The van der Waals surface area contributed by atoms with E-state index in [1.54, 1.807) is 0 Å². The molecule has 0 amide bonds. The zero-order valence-electron chi connectivity index (χ0n) is 10.7. The molecule has 0 heterocycles. The van der Waals surface area contributed by atoms with Gasteiger partial charge in [-0.3, -0.25) is 0 Å². The highest BCUT2D eigenvalue weighted by atomic mass is 14.9. The van der Waals surface area contributed by atoms with E-state index in [9.17, 15) is 0 Å². The number of nitrogens with one attached hydrogen (secondary N) is 2. The predicted molar refractivity (Wildman–Crippen MR) is 70.8 cm³/mol. The largest absolute Gasteiger partial charge is 0.388 e. The van der Waals surface area contributed by atoms with Gasteiger partial charge < -0.3 is 10.7 Å². The first-order valence-corrected chi connectivity index (χ1v) is 6.00. The van der Waals surface area contributed by atoms with Crippen LogP contribution in [0.5, 0.6) is 0 Å². The summed E-state index contributed by atoms with van der Waals surface area (Å²) in [6.45, 7) is 8.49. The number of hydrogen-bond acceptors (Lipinski definition) is 2. The smallest absolute Gasteiger partial charge is 0.0629 e. The second-order valence-electron chi connectivity index (χ2n) is 4.35. The lowest BCUT2D eigenvalue weighted by atomic mass is 9.95. The molecule has 0 aromatic carbocycles. The summed E-state index contributed by atoms with van der Waals surface area (Å²) in [4.78, 5) is 0. The Bertz CT molecular complexity index is 355. The Morgan fingerprint density at radius 2 is 1.75 bits per heavy atom. The third kappa shape index (κ3) is 3.09. The van der Waals surface area contributed by atoms with Crippen molar-refractivity contribution in [3.63, 3.8) is 0 Å². The Hall–Kier alpha value is -1.31. The van der Waals surface area contributed by atoms with E-state index in [2.05, 4.69) is 32.2 Å². The maximum atomic E-state index is 7.90. The average molecular weight is 218 g/mol. The van der Waals surface area contributed by atoms with Crippen molar-refractivity contribution in [1.29, 1.82) is 5.41 Å². The van der Waals surface area contributed by atoms with Crippen LogP contribution in [0, 0.1) is 5.41 Å². The number of rotatable bonds is 4. The van der Waals surface area contributed by atoms with Gasteiger partial charge in [0.15, 0.2) is 0 Å². The lowest BCUT2D eigenvalue weighted by molar-refractivity contribution is 0.551. The monoisotopic (exact) mass is 218 g/mol. The summed E-state index contributed by atoms with van der Waals surface area (Å²) in [7, 11) is 0. The molecule has 0 unspecified atom stereocenters. The molecule has 2 heteroatoms. The van der Waals surface area contributed by atoms with Gasteiger partial charge in [0, 0.05) is 17.8 Å². The Balaban J connectivity index is 2.75. The zero-order chi connectivity index (χ0) is 12.1. The Morgan fingerprint density at radius 1 is 1.19 bits per heavy atom. The molecule has 0 saturated carbocycles. The standard InChI is InChI=1S/C14H22N2/c1-5-13(6-2)16-9-12-7-10(3)11(4)8-14(12)15/h7-9,13,15-16H,5-6H2,1-4H3/b12-9-,15-14?. The van der Waals surface area contributed by atoms with E-state index in [-0.39, 0.29) is 0 Å². The summed E-state index contributed by atoms with van der Waals surface area (Å²) in [5.74, 6) is 0. The molecule has 1 aliphatic carbocycles. The molecule has 0 spiro atoms. The molecule has 0 saturated heterocycles. The highest BCUT2D eigenvalue weighted by molar-refractivity contribution is 6.10. The lowest BCUT2D eigenvalue weighted by Crippen LogP contribution is -2.23. The van der Waals surface area contributed by atoms with Gasteiger partial charge in [-0.2, -0.15) is 0 Å². The van der Waals surface area contributed by atoms with Crippen molar-refractivity contribution in [2.45, 2.75) is 46.6 Å². The molecule has 0 aromatic heterocycles. The molecule has 2 N–H and O–H groups in total. The Morgan fingerprint density at radius 3 is 2.31 bits per heavy atom. The van der Waals surface area contributed by atoms with Crippen LogP contribution in [0.3, 0.4) is 0 Å². The van der Waals surface area contributed by atoms with Crippen molar-refractivity contribution in [2.24, 2.45) is 0 Å². The molecular formula is C14H22N2. The van der Waals surface area contributed by atoms with Crippen molar-refractivity contribution >= 4 is 5.71 Å². The van der Waals surface area contributed by atoms with Crippen molar-refractivity contribution < 1.29 is 0 Å². The minimum absolute atomic E-state index is 0.515. The SMILES string of the molecule is CCC(CC)N/C=C1/C=C(C)C(C)=CC1=N. The molecule has 88 valence electrons. The zero-order valence-corrected chi connectivity index (χ0v) is 10.7. The van der Waals surface area contributed by atoms with Gasteiger partial charge in [-0.05, 0) is 50.0 Å². The fourth-order valence-corrected chi connectivity index (χ4v) is 1.69. The number of hydrogen-bond donors (Lipinski definition) is 2. The summed E-state index contributed by atoms with van der Waals surface area (Å²) in [5.41, 5.74) is 4.01. The van der Waals surface area contributed by atoms with Crippen LogP contribution < -0.4 is 5.32 Å². The maximum Gasteiger partial charge on any atom is 0.0629 e. The fraction of sp³-hybridized carbons (Fsp3) is 0.500. The van der Waals surface area contributed by atoms with Crippen LogP contribution in [0.4, 0.5) is 0 Å². The summed E-state index contributed by atoms with van der Waals surface area (Å²) in [6.07, 6.45) is 8.21. The summed E-state index contributed by atoms with van der Waals surface area (Å²) < 4.78 is 0. The molecule has 0 fully saturated rings. The molecule has 2 nitrogen and oxygen atoms in total. The molecule has 16 heavy (non-hydrogen) atoms. The Labute approximate surface area is 98.6 Å². The van der Waals surface area contributed by atoms with Crippen LogP contribution in [-0.2, 0) is 0 Å². The minimum Gasteiger partial charge on any atom is -0.388 e. The first-order chi connectivity index (χ1) is 7.58. The molecule has 0 bridgehead atoms. The van der Waals surface area contributed by atoms with Gasteiger partial charge in [0.25, 0.3) is 0 Å². The van der Waals surface area contributed by atoms with Crippen LogP contribution in [0.25, 0.3) is 0 Å². The van der Waals surface area contributed by atoms with Crippen molar-refractivity contribution in [2.75, 3.05) is 0 Å². The highest BCUT2D eigenvalue weighted by Crippen LogP contribution is 2.19. The van der Waals surface area contributed by atoms with Gasteiger partial charge >= 0.3 is 0 Å². The summed E-state index contributed by atoms with van der Waals surface area (Å²) in [6, 6.07) is 0.515. The summed E-state index contributed by atoms with van der Waals surface area (Å²) in [5, 5.41) is 11.3. The van der Waals surface area contributed by atoms with E-state index in [0.717, 1.165) is 18.4 Å². The lowest BCUT2D eigenvalue weighted by Gasteiger charge is -2.16. The Kier molecular flexibility index (Phi) is 4.53. The second-order valence-corrected chi connectivity index (χ2v) is 4.35. The van der Waals surface area contributed by atoms with Crippen molar-refractivity contribution in [3.05, 3.63) is 35.1 Å². The highest BCUT2D eigenvalue weighted by Gasteiger charge is 2.09. The molecular weight excluding hydrogens is 196 g/mol. The third-order valence-corrected chi connectivity index (χ3v) is 3.13. The van der Waals surface area contributed by atoms with Crippen LogP contribution >= 0.6 is 0 Å².